The fourth-order valence-electron chi connectivity index (χ4n) is 1.47. The van der Waals surface area contributed by atoms with Crippen molar-refractivity contribution in [2.24, 2.45) is 0 Å². The molecule has 0 aromatic rings. The van der Waals surface area contributed by atoms with Gasteiger partial charge < -0.3 is 25.3 Å². The van der Waals surface area contributed by atoms with Crippen LogP contribution in [0.2, 0.25) is 0 Å². The standard InChI is InChI=1S/C9H16N2O6/c12-4-6(14)8(16)5(13)3-11-2-1-7(15)10-9(11)17/h5-6,8,12-14,16H,1-4H2,(H,10,15,17)/t5-,6+,8-/m0/s1. The molecule has 0 aromatic carbocycles. The fraction of sp³-hybridized carbons (Fsp3) is 0.778. The molecule has 8 nitrogen and oxygen atoms in total. The Balaban J connectivity index is 2.48. The SMILES string of the molecule is O=C1CCN(C[C@H](O)[C@H](O)[C@H](O)CO)C(=O)N1. The van der Waals surface area contributed by atoms with E-state index in [0.29, 0.717) is 0 Å². The van der Waals surface area contributed by atoms with Gasteiger partial charge in [-0.1, -0.05) is 0 Å². The smallest absolute Gasteiger partial charge is 0.324 e. The summed E-state index contributed by atoms with van der Waals surface area (Å²) in [4.78, 5) is 23.3. The number of carbonyl (C=O) groups excluding carboxylic acids is 2. The summed E-state index contributed by atoms with van der Waals surface area (Å²) < 4.78 is 0. The number of hydrogen-bond acceptors (Lipinski definition) is 6. The highest BCUT2D eigenvalue weighted by Crippen LogP contribution is 2.06. The first-order valence-corrected chi connectivity index (χ1v) is 5.19. The monoisotopic (exact) mass is 248 g/mol. The van der Waals surface area contributed by atoms with Crippen LogP contribution in [0.4, 0.5) is 4.79 Å². The van der Waals surface area contributed by atoms with Crippen molar-refractivity contribution >= 4 is 11.9 Å². The minimum Gasteiger partial charge on any atom is -0.394 e. The van der Waals surface area contributed by atoms with E-state index in [0.717, 1.165) is 4.90 Å². The van der Waals surface area contributed by atoms with Gasteiger partial charge in [-0.25, -0.2) is 4.79 Å². The summed E-state index contributed by atoms with van der Waals surface area (Å²) in [7, 11) is 0. The maximum Gasteiger partial charge on any atom is 0.324 e. The van der Waals surface area contributed by atoms with Crippen molar-refractivity contribution in [2.45, 2.75) is 24.7 Å². The summed E-state index contributed by atoms with van der Waals surface area (Å²) in [6.07, 6.45) is -4.29. The molecule has 5 N–H and O–H groups in total. The van der Waals surface area contributed by atoms with Crippen LogP contribution in [0.1, 0.15) is 6.42 Å². The number of carbonyl (C=O) groups is 2. The van der Waals surface area contributed by atoms with E-state index in [1.165, 1.54) is 0 Å². The predicted octanol–water partition coefficient (Wildman–Crippen LogP) is -3.00. The molecule has 1 saturated heterocycles. The third-order valence-corrected chi connectivity index (χ3v) is 2.53. The van der Waals surface area contributed by atoms with Gasteiger partial charge in [0.15, 0.2) is 0 Å². The lowest BCUT2D eigenvalue weighted by molar-refractivity contribution is -0.122. The van der Waals surface area contributed by atoms with Gasteiger partial charge in [0.1, 0.15) is 18.3 Å². The minimum atomic E-state index is -1.55. The fourth-order valence-corrected chi connectivity index (χ4v) is 1.47. The largest absolute Gasteiger partial charge is 0.394 e. The lowest BCUT2D eigenvalue weighted by Crippen LogP contribution is -2.54. The van der Waals surface area contributed by atoms with E-state index < -0.39 is 36.9 Å². The van der Waals surface area contributed by atoms with Gasteiger partial charge in [-0.05, 0) is 0 Å². The third-order valence-electron chi connectivity index (χ3n) is 2.53. The zero-order valence-electron chi connectivity index (χ0n) is 9.11. The van der Waals surface area contributed by atoms with Crippen molar-refractivity contribution in [1.82, 2.24) is 10.2 Å². The molecular weight excluding hydrogens is 232 g/mol. The van der Waals surface area contributed by atoms with Crippen LogP contribution in [0.15, 0.2) is 0 Å². The van der Waals surface area contributed by atoms with E-state index in [2.05, 4.69) is 5.32 Å². The second kappa shape index (κ2) is 5.92. The summed E-state index contributed by atoms with van der Waals surface area (Å²) in [5, 5.41) is 38.6. The molecule has 1 rings (SSSR count). The number of hydrogen-bond donors (Lipinski definition) is 5. The first-order valence-electron chi connectivity index (χ1n) is 5.19. The van der Waals surface area contributed by atoms with Crippen LogP contribution in [0, 0.1) is 0 Å². The molecule has 3 atom stereocenters. The number of amides is 3. The third kappa shape index (κ3) is 3.63. The Kier molecular flexibility index (Phi) is 4.82. The van der Waals surface area contributed by atoms with Gasteiger partial charge in [-0.15, -0.1) is 0 Å². The molecule has 0 aromatic heterocycles. The van der Waals surface area contributed by atoms with Crippen LogP contribution in [0.5, 0.6) is 0 Å². The zero-order chi connectivity index (χ0) is 13.0. The highest BCUT2D eigenvalue weighted by molar-refractivity contribution is 5.96. The number of nitrogens with one attached hydrogen (secondary N) is 1. The van der Waals surface area contributed by atoms with E-state index >= 15 is 0 Å². The molecule has 8 heteroatoms. The molecule has 98 valence electrons. The van der Waals surface area contributed by atoms with Gasteiger partial charge in [-0.2, -0.15) is 0 Å². The summed E-state index contributed by atoms with van der Waals surface area (Å²) in [6.45, 7) is -0.774. The Morgan fingerprint density at radius 3 is 2.41 bits per heavy atom. The van der Waals surface area contributed by atoms with Crippen molar-refractivity contribution < 1.29 is 30.0 Å². The Morgan fingerprint density at radius 2 is 1.88 bits per heavy atom. The number of β-amino-alcohol motifs (C(OH)–C–C–N with tert-alkyl or cyclic N) is 1. The van der Waals surface area contributed by atoms with Gasteiger partial charge in [0.05, 0.1) is 13.2 Å². The average Bonchev–Trinajstić information content (AvgIpc) is 2.30. The number of aliphatic hydroxyl groups is 4. The van der Waals surface area contributed by atoms with Gasteiger partial charge in [-0.3, -0.25) is 10.1 Å². The summed E-state index contributed by atoms with van der Waals surface area (Å²) in [6, 6.07) is -0.647. The topological polar surface area (TPSA) is 130 Å². The minimum absolute atomic E-state index is 0.122. The number of imide groups is 1. The Hall–Kier alpha value is -1.22. The Morgan fingerprint density at radius 1 is 1.24 bits per heavy atom. The molecule has 0 saturated carbocycles. The second-order valence-corrected chi connectivity index (χ2v) is 3.86. The van der Waals surface area contributed by atoms with Crippen LogP contribution in [-0.4, -0.2) is 75.3 Å². The number of aliphatic hydroxyl groups excluding tert-OH is 4. The lowest BCUT2D eigenvalue weighted by atomic mass is 10.1. The van der Waals surface area contributed by atoms with Gasteiger partial charge >= 0.3 is 6.03 Å². The van der Waals surface area contributed by atoms with Crippen molar-refractivity contribution in [3.63, 3.8) is 0 Å². The van der Waals surface area contributed by atoms with Crippen LogP contribution in [0.25, 0.3) is 0 Å². The highest BCUT2D eigenvalue weighted by Gasteiger charge is 2.30. The average molecular weight is 248 g/mol. The van der Waals surface area contributed by atoms with E-state index in [1.54, 1.807) is 0 Å². The number of nitrogens with zero attached hydrogens (tertiary/aromatic N) is 1. The molecular formula is C9H16N2O6. The van der Waals surface area contributed by atoms with Crippen LogP contribution in [-0.2, 0) is 4.79 Å². The lowest BCUT2D eigenvalue weighted by Gasteiger charge is -2.30. The molecule has 0 spiro atoms. The van der Waals surface area contributed by atoms with Crippen LogP contribution < -0.4 is 5.32 Å². The van der Waals surface area contributed by atoms with Crippen molar-refractivity contribution in [2.75, 3.05) is 19.7 Å². The highest BCUT2D eigenvalue weighted by atomic mass is 16.4. The maximum atomic E-state index is 11.3. The van der Waals surface area contributed by atoms with Gasteiger partial charge in [0, 0.05) is 13.0 Å². The molecule has 0 aliphatic carbocycles. The summed E-state index contributed by atoms with van der Waals surface area (Å²) in [5.41, 5.74) is 0. The Bertz CT molecular complexity index is 297. The first kappa shape index (κ1) is 13.8. The Labute approximate surface area is 97.5 Å². The predicted molar refractivity (Wildman–Crippen MR) is 54.8 cm³/mol. The van der Waals surface area contributed by atoms with E-state index in [-0.39, 0.29) is 19.5 Å². The van der Waals surface area contributed by atoms with Crippen molar-refractivity contribution in [3.8, 4) is 0 Å². The maximum absolute atomic E-state index is 11.3. The molecule has 1 heterocycles. The molecule has 17 heavy (non-hydrogen) atoms. The second-order valence-electron chi connectivity index (χ2n) is 3.86. The van der Waals surface area contributed by atoms with E-state index in [4.69, 9.17) is 10.2 Å². The molecule has 0 unspecified atom stereocenters. The number of rotatable bonds is 5. The molecule has 0 bridgehead atoms. The van der Waals surface area contributed by atoms with E-state index in [9.17, 15) is 19.8 Å². The first-order chi connectivity index (χ1) is 7.95. The summed E-state index contributed by atoms with van der Waals surface area (Å²) in [5.74, 6) is -0.392. The van der Waals surface area contributed by atoms with Gasteiger partial charge in [0.2, 0.25) is 5.91 Å². The molecule has 1 aliphatic rings. The van der Waals surface area contributed by atoms with Gasteiger partial charge in [0.25, 0.3) is 0 Å². The van der Waals surface area contributed by atoms with E-state index in [1.807, 2.05) is 0 Å². The molecule has 0 radical (unpaired) electrons. The molecule has 1 aliphatic heterocycles. The van der Waals surface area contributed by atoms with Crippen LogP contribution >= 0.6 is 0 Å². The zero-order valence-corrected chi connectivity index (χ0v) is 9.11. The quantitative estimate of drug-likeness (QED) is 0.352. The van der Waals surface area contributed by atoms with Crippen molar-refractivity contribution in [1.29, 1.82) is 0 Å². The van der Waals surface area contributed by atoms with Crippen molar-refractivity contribution in [3.05, 3.63) is 0 Å². The van der Waals surface area contributed by atoms with Crippen LogP contribution in [0.3, 0.4) is 0 Å². The molecule has 3 amide bonds. The normalized spacial score (nSPS) is 22.0. The summed E-state index contributed by atoms with van der Waals surface area (Å²) >= 11 is 0. The number of urea groups is 1. The molecule has 1 fully saturated rings.